The molecule has 0 aromatic carbocycles. The number of hydrogen-bond donors (Lipinski definition) is 1. The molecule has 1 fully saturated rings. The Morgan fingerprint density at radius 2 is 2.16 bits per heavy atom. The van der Waals surface area contributed by atoms with Crippen molar-refractivity contribution in [3.63, 3.8) is 0 Å². The molecule has 0 unspecified atom stereocenters. The van der Waals surface area contributed by atoms with Crippen LogP contribution >= 0.6 is 0 Å². The highest BCUT2D eigenvalue weighted by Crippen LogP contribution is 2.21. The van der Waals surface area contributed by atoms with E-state index in [0.29, 0.717) is 24.7 Å². The summed E-state index contributed by atoms with van der Waals surface area (Å²) in [7, 11) is 0. The van der Waals surface area contributed by atoms with Crippen molar-refractivity contribution in [2.45, 2.75) is 25.5 Å². The summed E-state index contributed by atoms with van der Waals surface area (Å²) in [6, 6.07) is 3.49. The van der Waals surface area contributed by atoms with Crippen molar-refractivity contribution >= 4 is 5.91 Å². The van der Waals surface area contributed by atoms with Crippen LogP contribution in [0.15, 0.2) is 41.4 Å². The Bertz CT molecular complexity index is 874. The average molecular weight is 340 g/mol. The minimum atomic E-state index is -0.468. The first-order valence-electron chi connectivity index (χ1n) is 7.87. The molecule has 0 saturated carbocycles. The SMILES string of the molecule is C[C@H]1[C@@H](O)CN1C(=O)c1coc(Cc2ccc(-n3nccn3)nc2)n1. The Hall–Kier alpha value is -3.07. The summed E-state index contributed by atoms with van der Waals surface area (Å²) in [5, 5.41) is 17.6. The second-order valence-electron chi connectivity index (χ2n) is 5.91. The number of carbonyl (C=O) groups is 1. The number of amides is 1. The molecule has 0 bridgehead atoms. The predicted molar refractivity (Wildman–Crippen MR) is 85.0 cm³/mol. The number of carbonyl (C=O) groups excluding carboxylic acids is 1. The minimum absolute atomic E-state index is 0.194. The first-order valence-corrected chi connectivity index (χ1v) is 7.87. The average Bonchev–Trinajstić information content (AvgIpc) is 3.31. The maximum Gasteiger partial charge on any atom is 0.276 e. The molecule has 1 aliphatic heterocycles. The molecule has 1 saturated heterocycles. The lowest BCUT2D eigenvalue weighted by Crippen LogP contribution is -2.60. The first kappa shape index (κ1) is 15.5. The van der Waals surface area contributed by atoms with E-state index in [4.69, 9.17) is 4.42 Å². The molecule has 4 heterocycles. The van der Waals surface area contributed by atoms with Gasteiger partial charge in [0.1, 0.15) is 6.26 Å². The fourth-order valence-electron chi connectivity index (χ4n) is 2.64. The van der Waals surface area contributed by atoms with Crippen LogP contribution in [0.4, 0.5) is 0 Å². The number of aromatic nitrogens is 5. The van der Waals surface area contributed by atoms with E-state index in [1.54, 1.807) is 36.5 Å². The van der Waals surface area contributed by atoms with Gasteiger partial charge in [0.25, 0.3) is 5.91 Å². The van der Waals surface area contributed by atoms with E-state index in [9.17, 15) is 9.90 Å². The lowest BCUT2D eigenvalue weighted by atomic mass is 10.0. The van der Waals surface area contributed by atoms with Crippen molar-refractivity contribution in [3.05, 3.63) is 54.1 Å². The van der Waals surface area contributed by atoms with Crippen molar-refractivity contribution in [1.82, 2.24) is 29.9 Å². The van der Waals surface area contributed by atoms with Gasteiger partial charge in [-0.1, -0.05) is 6.07 Å². The van der Waals surface area contributed by atoms with Crippen LogP contribution in [-0.2, 0) is 6.42 Å². The molecular weight excluding hydrogens is 324 g/mol. The second-order valence-corrected chi connectivity index (χ2v) is 5.91. The first-order chi connectivity index (χ1) is 12.1. The van der Waals surface area contributed by atoms with Crippen LogP contribution in [0.2, 0.25) is 0 Å². The fraction of sp³-hybridized carbons (Fsp3) is 0.312. The van der Waals surface area contributed by atoms with Gasteiger partial charge in [0, 0.05) is 12.7 Å². The number of hydrogen-bond acceptors (Lipinski definition) is 7. The van der Waals surface area contributed by atoms with Gasteiger partial charge < -0.3 is 14.4 Å². The molecule has 3 aromatic rings. The number of aliphatic hydroxyl groups is 1. The van der Waals surface area contributed by atoms with E-state index in [2.05, 4.69) is 20.2 Å². The molecule has 1 aliphatic rings. The van der Waals surface area contributed by atoms with Gasteiger partial charge in [-0.2, -0.15) is 10.2 Å². The van der Waals surface area contributed by atoms with Gasteiger partial charge in [0.05, 0.1) is 31.0 Å². The third kappa shape index (κ3) is 2.89. The molecular formula is C16H16N6O3. The zero-order valence-electron chi connectivity index (χ0n) is 13.5. The van der Waals surface area contributed by atoms with E-state index < -0.39 is 6.10 Å². The van der Waals surface area contributed by atoms with Crippen molar-refractivity contribution in [1.29, 1.82) is 0 Å². The molecule has 9 nitrogen and oxygen atoms in total. The molecule has 25 heavy (non-hydrogen) atoms. The van der Waals surface area contributed by atoms with Gasteiger partial charge in [0.15, 0.2) is 17.4 Å². The molecule has 2 atom stereocenters. The Balaban J connectivity index is 1.43. The summed E-state index contributed by atoms with van der Waals surface area (Å²) in [6.45, 7) is 2.13. The number of likely N-dealkylation sites (tertiary alicyclic amines) is 1. The predicted octanol–water partition coefficient (Wildman–Crippen LogP) is 0.446. The third-order valence-corrected chi connectivity index (χ3v) is 4.25. The molecule has 0 aliphatic carbocycles. The minimum Gasteiger partial charge on any atom is -0.448 e. The van der Waals surface area contributed by atoms with Gasteiger partial charge in [0.2, 0.25) is 0 Å². The van der Waals surface area contributed by atoms with Gasteiger partial charge in [-0.15, -0.1) is 4.80 Å². The highest BCUT2D eigenvalue weighted by molar-refractivity contribution is 5.92. The molecule has 0 spiro atoms. The third-order valence-electron chi connectivity index (χ3n) is 4.25. The van der Waals surface area contributed by atoms with Crippen molar-refractivity contribution in [3.8, 4) is 5.82 Å². The van der Waals surface area contributed by atoms with E-state index in [-0.39, 0.29) is 17.6 Å². The largest absolute Gasteiger partial charge is 0.448 e. The molecule has 4 rings (SSSR count). The van der Waals surface area contributed by atoms with E-state index in [1.807, 2.05) is 6.07 Å². The maximum absolute atomic E-state index is 12.3. The van der Waals surface area contributed by atoms with Gasteiger partial charge in [-0.25, -0.2) is 9.97 Å². The normalized spacial score (nSPS) is 19.7. The Morgan fingerprint density at radius 1 is 1.36 bits per heavy atom. The highest BCUT2D eigenvalue weighted by Gasteiger charge is 2.38. The van der Waals surface area contributed by atoms with Crippen LogP contribution in [0.3, 0.4) is 0 Å². The summed E-state index contributed by atoms with van der Waals surface area (Å²) < 4.78 is 5.39. The summed E-state index contributed by atoms with van der Waals surface area (Å²) in [5.74, 6) is 0.817. The fourth-order valence-corrected chi connectivity index (χ4v) is 2.64. The van der Waals surface area contributed by atoms with Gasteiger partial charge in [-0.3, -0.25) is 4.79 Å². The molecule has 1 amide bonds. The van der Waals surface area contributed by atoms with E-state index in [0.717, 1.165) is 5.56 Å². The van der Waals surface area contributed by atoms with Gasteiger partial charge >= 0.3 is 0 Å². The summed E-state index contributed by atoms with van der Waals surface area (Å²) in [4.78, 5) is 23.8. The van der Waals surface area contributed by atoms with Crippen molar-refractivity contribution in [2.75, 3.05) is 6.54 Å². The molecule has 128 valence electrons. The second kappa shape index (κ2) is 6.10. The van der Waals surface area contributed by atoms with Crippen molar-refractivity contribution < 1.29 is 14.3 Å². The quantitative estimate of drug-likeness (QED) is 0.734. The Morgan fingerprint density at radius 3 is 2.80 bits per heavy atom. The number of rotatable bonds is 4. The zero-order valence-corrected chi connectivity index (χ0v) is 13.5. The Kier molecular flexibility index (Phi) is 3.77. The summed E-state index contributed by atoms with van der Waals surface area (Å²) in [5.41, 5.74) is 1.14. The lowest BCUT2D eigenvalue weighted by molar-refractivity contribution is -0.0360. The van der Waals surface area contributed by atoms with E-state index >= 15 is 0 Å². The van der Waals surface area contributed by atoms with Crippen molar-refractivity contribution in [2.24, 2.45) is 0 Å². The summed E-state index contributed by atoms with van der Waals surface area (Å²) in [6.07, 6.45) is 6.16. The molecule has 1 N–H and O–H groups in total. The highest BCUT2D eigenvalue weighted by atomic mass is 16.3. The Labute approximate surface area is 142 Å². The van der Waals surface area contributed by atoms with E-state index in [1.165, 1.54) is 11.1 Å². The van der Waals surface area contributed by atoms with Crippen LogP contribution < -0.4 is 0 Å². The van der Waals surface area contributed by atoms with Crippen LogP contribution in [0.1, 0.15) is 28.9 Å². The number of pyridine rings is 1. The molecule has 9 heteroatoms. The van der Waals surface area contributed by atoms with Crippen LogP contribution in [0, 0.1) is 0 Å². The monoisotopic (exact) mass is 340 g/mol. The summed E-state index contributed by atoms with van der Waals surface area (Å²) >= 11 is 0. The smallest absolute Gasteiger partial charge is 0.276 e. The van der Waals surface area contributed by atoms with Gasteiger partial charge in [-0.05, 0) is 18.6 Å². The number of nitrogens with zero attached hydrogens (tertiary/aromatic N) is 6. The number of β-amino-alcohol motifs (C(OH)–C–C–N with tert-alkyl or cyclic N) is 1. The molecule has 0 radical (unpaired) electrons. The van der Waals surface area contributed by atoms with Crippen LogP contribution in [0.5, 0.6) is 0 Å². The van der Waals surface area contributed by atoms with Crippen LogP contribution in [-0.4, -0.2) is 59.6 Å². The number of oxazole rings is 1. The standard InChI is InChI=1S/C16H16N6O3/c1-10-13(23)8-21(10)16(24)12-9-25-15(20-12)6-11-2-3-14(17-7-11)22-18-4-5-19-22/h2-5,7,9-10,13,23H,6,8H2,1H3/t10-,13-/m0/s1. The zero-order chi connectivity index (χ0) is 17.4. The maximum atomic E-state index is 12.3. The topological polar surface area (TPSA) is 110 Å². The molecule has 3 aromatic heterocycles. The lowest BCUT2D eigenvalue weighted by Gasteiger charge is -2.42. The number of aliphatic hydroxyl groups excluding tert-OH is 1. The van der Waals surface area contributed by atoms with Crippen LogP contribution in [0.25, 0.3) is 5.82 Å².